The highest BCUT2D eigenvalue weighted by atomic mass is 35.5. The molecule has 0 radical (unpaired) electrons. The molecule has 1 aromatic rings. The molecule has 3 unspecified atom stereocenters. The fourth-order valence-electron chi connectivity index (χ4n) is 3.85. The van der Waals surface area contributed by atoms with Crippen molar-refractivity contribution in [1.29, 1.82) is 0 Å². The van der Waals surface area contributed by atoms with E-state index in [1.807, 2.05) is 12.1 Å². The molecule has 1 aromatic carbocycles. The summed E-state index contributed by atoms with van der Waals surface area (Å²) in [6.07, 6.45) is 2.71. The van der Waals surface area contributed by atoms with Crippen molar-refractivity contribution in [3.63, 3.8) is 0 Å². The van der Waals surface area contributed by atoms with Gasteiger partial charge < -0.3 is 10.1 Å². The van der Waals surface area contributed by atoms with Crippen LogP contribution in [0.15, 0.2) is 18.2 Å². The van der Waals surface area contributed by atoms with Crippen molar-refractivity contribution in [2.45, 2.75) is 18.3 Å². The second-order valence-corrected chi connectivity index (χ2v) is 7.31. The lowest BCUT2D eigenvalue weighted by Gasteiger charge is -2.17. The van der Waals surface area contributed by atoms with Crippen molar-refractivity contribution in [3.05, 3.63) is 33.8 Å². The molecule has 4 heteroatoms. The van der Waals surface area contributed by atoms with Gasteiger partial charge in [0.2, 0.25) is 0 Å². The average Bonchev–Trinajstić information content (AvgIpc) is 3.32. The van der Waals surface area contributed by atoms with E-state index in [0.29, 0.717) is 21.9 Å². The molecular formula is C16H19Cl2NO. The topological polar surface area (TPSA) is 21.3 Å². The molecule has 0 bridgehead atoms. The number of halogens is 2. The maximum atomic E-state index is 6.19. The molecule has 1 aliphatic heterocycles. The van der Waals surface area contributed by atoms with Crippen LogP contribution in [0.5, 0.6) is 0 Å². The second-order valence-electron chi connectivity index (χ2n) is 6.49. The molecule has 108 valence electrons. The molecule has 3 atom stereocenters. The van der Waals surface area contributed by atoms with Gasteiger partial charge in [0, 0.05) is 18.6 Å². The zero-order valence-electron chi connectivity index (χ0n) is 11.4. The molecule has 0 aromatic heterocycles. The van der Waals surface area contributed by atoms with Crippen LogP contribution in [0.2, 0.25) is 10.0 Å². The summed E-state index contributed by atoms with van der Waals surface area (Å²) in [5, 5.41) is 4.80. The van der Waals surface area contributed by atoms with Gasteiger partial charge in [0.15, 0.2) is 0 Å². The average molecular weight is 312 g/mol. The van der Waals surface area contributed by atoms with Crippen molar-refractivity contribution in [1.82, 2.24) is 5.32 Å². The minimum Gasteiger partial charge on any atom is -0.381 e. The van der Waals surface area contributed by atoms with Crippen molar-refractivity contribution >= 4 is 23.2 Å². The van der Waals surface area contributed by atoms with Gasteiger partial charge in [-0.2, -0.15) is 0 Å². The van der Waals surface area contributed by atoms with Crippen LogP contribution in [-0.4, -0.2) is 26.3 Å². The van der Waals surface area contributed by atoms with E-state index in [1.54, 1.807) is 0 Å². The summed E-state index contributed by atoms with van der Waals surface area (Å²) < 4.78 is 5.93. The number of nitrogens with one attached hydrogen (secondary N) is 1. The highest BCUT2D eigenvalue weighted by molar-refractivity contribution is 6.42. The minimum absolute atomic E-state index is 0.234. The van der Waals surface area contributed by atoms with E-state index in [-0.39, 0.29) is 5.41 Å². The molecular weight excluding hydrogens is 293 g/mol. The van der Waals surface area contributed by atoms with E-state index in [4.69, 9.17) is 27.9 Å². The van der Waals surface area contributed by atoms with Gasteiger partial charge in [0.1, 0.15) is 0 Å². The zero-order valence-corrected chi connectivity index (χ0v) is 12.9. The third-order valence-electron chi connectivity index (χ3n) is 5.29. The van der Waals surface area contributed by atoms with E-state index < -0.39 is 0 Å². The van der Waals surface area contributed by atoms with Gasteiger partial charge in [-0.05, 0) is 54.8 Å². The largest absolute Gasteiger partial charge is 0.381 e. The van der Waals surface area contributed by atoms with Crippen LogP contribution in [0.3, 0.4) is 0 Å². The Morgan fingerprint density at radius 2 is 2.05 bits per heavy atom. The predicted molar refractivity (Wildman–Crippen MR) is 81.5 cm³/mol. The van der Waals surface area contributed by atoms with Crippen LogP contribution >= 0.6 is 23.2 Å². The summed E-state index contributed by atoms with van der Waals surface area (Å²) in [6, 6.07) is 6.10. The van der Waals surface area contributed by atoms with Gasteiger partial charge in [-0.3, -0.25) is 0 Å². The molecule has 1 N–H and O–H groups in total. The smallest absolute Gasteiger partial charge is 0.0595 e. The molecule has 1 saturated heterocycles. The molecule has 0 spiro atoms. The Morgan fingerprint density at radius 1 is 1.20 bits per heavy atom. The summed E-state index contributed by atoms with van der Waals surface area (Å²) in [5.41, 5.74) is 1.56. The van der Waals surface area contributed by atoms with Gasteiger partial charge in [-0.15, -0.1) is 0 Å². The normalized spacial score (nSPS) is 35.1. The molecule has 3 fully saturated rings. The first-order valence-electron chi connectivity index (χ1n) is 7.46. The fourth-order valence-corrected chi connectivity index (χ4v) is 4.15. The van der Waals surface area contributed by atoms with Crippen LogP contribution < -0.4 is 5.32 Å². The lowest BCUT2D eigenvalue weighted by Crippen LogP contribution is -2.25. The van der Waals surface area contributed by atoms with Gasteiger partial charge in [-0.1, -0.05) is 29.3 Å². The standard InChI is InChI=1S/C16H19Cl2NO/c17-14-4-3-11(5-15(14)18)16-9-19-6-12(16)13(16)8-20-7-10-1-2-10/h3-5,10,12-13,19H,1-2,6-9H2. The molecule has 3 aliphatic rings. The van der Waals surface area contributed by atoms with Crippen LogP contribution in [0.4, 0.5) is 0 Å². The van der Waals surface area contributed by atoms with E-state index in [2.05, 4.69) is 11.4 Å². The maximum absolute atomic E-state index is 6.19. The van der Waals surface area contributed by atoms with Gasteiger partial charge in [0.25, 0.3) is 0 Å². The number of hydrogen-bond donors (Lipinski definition) is 1. The van der Waals surface area contributed by atoms with E-state index in [1.165, 1.54) is 18.4 Å². The van der Waals surface area contributed by atoms with Crippen LogP contribution in [0.25, 0.3) is 0 Å². The Morgan fingerprint density at radius 3 is 2.80 bits per heavy atom. The number of benzene rings is 1. The highest BCUT2D eigenvalue weighted by Gasteiger charge is 2.67. The zero-order chi connectivity index (χ0) is 13.7. The minimum atomic E-state index is 0.234. The van der Waals surface area contributed by atoms with Crippen molar-refractivity contribution in [2.75, 3.05) is 26.3 Å². The van der Waals surface area contributed by atoms with E-state index in [0.717, 1.165) is 32.2 Å². The SMILES string of the molecule is Clc1ccc(C23CNCC2C3COCC2CC2)cc1Cl. The Balaban J connectivity index is 1.50. The highest BCUT2D eigenvalue weighted by Crippen LogP contribution is 2.62. The lowest BCUT2D eigenvalue weighted by atomic mass is 9.93. The Bertz CT molecular complexity index is 531. The molecule has 4 rings (SSSR count). The number of piperidine rings is 1. The quantitative estimate of drug-likeness (QED) is 0.898. The molecule has 20 heavy (non-hydrogen) atoms. The Hall–Kier alpha value is -0.280. The molecule has 2 aliphatic carbocycles. The van der Waals surface area contributed by atoms with E-state index in [9.17, 15) is 0 Å². The first-order valence-corrected chi connectivity index (χ1v) is 8.21. The summed E-state index contributed by atoms with van der Waals surface area (Å²) in [7, 11) is 0. The number of rotatable bonds is 5. The van der Waals surface area contributed by atoms with Crippen LogP contribution in [0, 0.1) is 17.8 Å². The van der Waals surface area contributed by atoms with Gasteiger partial charge in [0.05, 0.1) is 16.7 Å². The summed E-state index contributed by atoms with van der Waals surface area (Å²) in [4.78, 5) is 0. The van der Waals surface area contributed by atoms with E-state index >= 15 is 0 Å². The lowest BCUT2D eigenvalue weighted by molar-refractivity contribution is 0.106. The third kappa shape index (κ3) is 2.09. The van der Waals surface area contributed by atoms with Crippen molar-refractivity contribution < 1.29 is 4.74 Å². The van der Waals surface area contributed by atoms with Crippen LogP contribution in [0.1, 0.15) is 18.4 Å². The maximum Gasteiger partial charge on any atom is 0.0595 e. The molecule has 1 heterocycles. The third-order valence-corrected chi connectivity index (χ3v) is 6.03. The van der Waals surface area contributed by atoms with Crippen molar-refractivity contribution in [2.24, 2.45) is 17.8 Å². The molecule has 0 amide bonds. The molecule has 2 nitrogen and oxygen atoms in total. The Labute approximate surface area is 129 Å². The van der Waals surface area contributed by atoms with Crippen LogP contribution in [-0.2, 0) is 10.2 Å². The summed E-state index contributed by atoms with van der Waals surface area (Å²) >= 11 is 12.2. The summed E-state index contributed by atoms with van der Waals surface area (Å²) in [5.74, 6) is 2.17. The number of hydrogen-bond acceptors (Lipinski definition) is 2. The van der Waals surface area contributed by atoms with Gasteiger partial charge >= 0.3 is 0 Å². The second kappa shape index (κ2) is 4.88. The monoisotopic (exact) mass is 311 g/mol. The molecule has 2 saturated carbocycles. The predicted octanol–water partition coefficient (Wildman–Crippen LogP) is 3.51. The number of fused-ring (bicyclic) bond motifs is 1. The Kier molecular flexibility index (Phi) is 3.26. The number of ether oxygens (including phenoxy) is 1. The summed E-state index contributed by atoms with van der Waals surface area (Å²) in [6.45, 7) is 3.97. The van der Waals surface area contributed by atoms with Gasteiger partial charge in [-0.25, -0.2) is 0 Å². The first kappa shape index (κ1) is 13.4. The van der Waals surface area contributed by atoms with Crippen molar-refractivity contribution in [3.8, 4) is 0 Å². The fraction of sp³-hybridized carbons (Fsp3) is 0.625. The first-order chi connectivity index (χ1) is 9.72.